The molecule has 0 spiro atoms. The minimum absolute atomic E-state index is 0.474. The minimum atomic E-state index is 0.474. The molecule has 0 unspecified atom stereocenters. The number of methoxy groups -OCH3 is 1. The highest BCUT2D eigenvalue weighted by Gasteiger charge is 2.05. The predicted octanol–water partition coefficient (Wildman–Crippen LogP) is 1.69. The van der Waals surface area contributed by atoms with Crippen LogP contribution in [-0.2, 0) is 0 Å². The van der Waals surface area contributed by atoms with Gasteiger partial charge in [0.05, 0.1) is 18.7 Å². The summed E-state index contributed by atoms with van der Waals surface area (Å²) < 4.78 is 4.94. The summed E-state index contributed by atoms with van der Waals surface area (Å²) in [5.74, 6) is 0.532. The largest absolute Gasteiger partial charge is 0.497 e. The van der Waals surface area contributed by atoms with Gasteiger partial charge in [-0.05, 0) is 24.6 Å². The van der Waals surface area contributed by atoms with Crippen LogP contribution in [0.5, 0.6) is 5.75 Å². The summed E-state index contributed by atoms with van der Waals surface area (Å²) in [6, 6.07) is 5.23. The Bertz CT molecular complexity index is 377. The van der Waals surface area contributed by atoms with Gasteiger partial charge >= 0.3 is 0 Å². The Morgan fingerprint density at radius 2 is 2.23 bits per heavy atom. The highest BCUT2D eigenvalue weighted by molar-refractivity contribution is 5.79. The van der Waals surface area contributed by atoms with Gasteiger partial charge in [-0.1, -0.05) is 0 Å². The molecule has 0 aliphatic rings. The van der Waals surface area contributed by atoms with Crippen LogP contribution in [0.25, 0.3) is 0 Å². The van der Waals surface area contributed by atoms with Gasteiger partial charge in [-0.15, -0.1) is 0 Å². The van der Waals surface area contributed by atoms with Gasteiger partial charge in [-0.3, -0.25) is 4.79 Å². The van der Waals surface area contributed by atoms with Crippen molar-refractivity contribution in [1.82, 2.24) is 0 Å². The molecule has 1 aromatic rings. The minimum Gasteiger partial charge on any atom is -0.497 e. The summed E-state index contributed by atoms with van der Waals surface area (Å²) in [5.41, 5.74) is 1.66. The Labute approximate surface area is 76.6 Å². The van der Waals surface area contributed by atoms with Crippen LogP contribution >= 0.6 is 0 Å². The molecule has 0 fully saturated rings. The standard InChI is InChI=1S/C10H9NO2/c1-7-8(5-11)3-10(13-2)4-9(7)6-12/h3-4,6H,1-2H3. The lowest BCUT2D eigenvalue weighted by Gasteiger charge is -2.04. The van der Waals surface area contributed by atoms with Crippen LogP contribution in [-0.4, -0.2) is 13.4 Å². The molecule has 0 saturated heterocycles. The SMILES string of the molecule is COc1cc(C#N)c(C)c(C=O)c1. The molecule has 0 saturated carbocycles. The molecule has 0 radical (unpaired) electrons. The van der Waals surface area contributed by atoms with E-state index < -0.39 is 0 Å². The fraction of sp³-hybridized carbons (Fsp3) is 0.200. The quantitative estimate of drug-likeness (QED) is 0.642. The van der Waals surface area contributed by atoms with E-state index in [0.717, 1.165) is 6.29 Å². The van der Waals surface area contributed by atoms with E-state index in [-0.39, 0.29) is 0 Å². The molecule has 3 nitrogen and oxygen atoms in total. The number of carbonyl (C=O) groups is 1. The van der Waals surface area contributed by atoms with Crippen LogP contribution in [0.3, 0.4) is 0 Å². The molecule has 0 atom stereocenters. The van der Waals surface area contributed by atoms with E-state index in [4.69, 9.17) is 10.00 Å². The van der Waals surface area contributed by atoms with Crippen LogP contribution in [0.1, 0.15) is 21.5 Å². The second-order valence-electron chi connectivity index (χ2n) is 2.62. The summed E-state index contributed by atoms with van der Waals surface area (Å²) in [7, 11) is 1.50. The van der Waals surface area contributed by atoms with Gasteiger partial charge in [-0.2, -0.15) is 5.26 Å². The van der Waals surface area contributed by atoms with E-state index in [1.165, 1.54) is 7.11 Å². The fourth-order valence-electron chi connectivity index (χ4n) is 1.07. The first-order valence-corrected chi connectivity index (χ1v) is 3.77. The summed E-state index contributed by atoms with van der Waals surface area (Å²) in [5, 5.41) is 8.74. The molecule has 0 N–H and O–H groups in total. The Kier molecular flexibility index (Phi) is 2.65. The molecule has 13 heavy (non-hydrogen) atoms. The number of carbonyl (C=O) groups excluding carboxylic acids is 1. The molecule has 0 heterocycles. The van der Waals surface area contributed by atoms with Gasteiger partial charge in [0.1, 0.15) is 12.0 Å². The van der Waals surface area contributed by atoms with Crippen molar-refractivity contribution in [3.05, 3.63) is 28.8 Å². The number of rotatable bonds is 2. The first-order chi connectivity index (χ1) is 6.22. The van der Waals surface area contributed by atoms with Crippen molar-refractivity contribution in [1.29, 1.82) is 5.26 Å². The van der Waals surface area contributed by atoms with Crippen molar-refractivity contribution in [2.45, 2.75) is 6.92 Å². The first-order valence-electron chi connectivity index (χ1n) is 3.77. The average molecular weight is 175 g/mol. The summed E-state index contributed by atoms with van der Waals surface area (Å²) >= 11 is 0. The molecular formula is C10H9NO2. The normalized spacial score (nSPS) is 9.00. The zero-order valence-electron chi connectivity index (χ0n) is 7.50. The van der Waals surface area contributed by atoms with E-state index in [0.29, 0.717) is 22.4 Å². The Balaban J connectivity index is 3.39. The fourth-order valence-corrected chi connectivity index (χ4v) is 1.07. The maximum Gasteiger partial charge on any atom is 0.150 e. The maximum atomic E-state index is 10.6. The third-order valence-electron chi connectivity index (χ3n) is 1.90. The zero-order valence-corrected chi connectivity index (χ0v) is 7.50. The van der Waals surface area contributed by atoms with Crippen LogP contribution in [0.2, 0.25) is 0 Å². The highest BCUT2D eigenvalue weighted by Crippen LogP contribution is 2.19. The van der Waals surface area contributed by atoms with Crippen molar-refractivity contribution in [2.24, 2.45) is 0 Å². The van der Waals surface area contributed by atoms with E-state index in [1.54, 1.807) is 19.1 Å². The Hall–Kier alpha value is -1.82. The monoisotopic (exact) mass is 175 g/mol. The lowest BCUT2D eigenvalue weighted by atomic mass is 10.0. The Morgan fingerprint density at radius 1 is 1.54 bits per heavy atom. The molecule has 0 aliphatic heterocycles. The van der Waals surface area contributed by atoms with Crippen LogP contribution in [0.4, 0.5) is 0 Å². The van der Waals surface area contributed by atoms with Crippen molar-refractivity contribution in [3.63, 3.8) is 0 Å². The molecular weight excluding hydrogens is 166 g/mol. The number of ether oxygens (including phenoxy) is 1. The number of nitriles is 1. The van der Waals surface area contributed by atoms with Crippen LogP contribution < -0.4 is 4.74 Å². The summed E-state index contributed by atoms with van der Waals surface area (Å²) in [6.45, 7) is 1.74. The number of hydrogen-bond acceptors (Lipinski definition) is 3. The number of benzene rings is 1. The smallest absolute Gasteiger partial charge is 0.150 e. The summed E-state index contributed by atoms with van der Waals surface area (Å²) in [4.78, 5) is 10.6. The van der Waals surface area contributed by atoms with Crippen molar-refractivity contribution < 1.29 is 9.53 Å². The van der Waals surface area contributed by atoms with Gasteiger partial charge in [-0.25, -0.2) is 0 Å². The highest BCUT2D eigenvalue weighted by atomic mass is 16.5. The topological polar surface area (TPSA) is 50.1 Å². The van der Waals surface area contributed by atoms with Gasteiger partial charge in [0, 0.05) is 5.56 Å². The Morgan fingerprint density at radius 3 is 2.69 bits per heavy atom. The van der Waals surface area contributed by atoms with E-state index in [2.05, 4.69) is 0 Å². The van der Waals surface area contributed by atoms with Crippen molar-refractivity contribution in [2.75, 3.05) is 7.11 Å². The molecule has 0 bridgehead atoms. The van der Waals surface area contributed by atoms with Crippen LogP contribution in [0, 0.1) is 18.3 Å². The lowest BCUT2D eigenvalue weighted by Crippen LogP contribution is -1.93. The molecule has 0 aliphatic carbocycles. The van der Waals surface area contributed by atoms with Gasteiger partial charge in [0.25, 0.3) is 0 Å². The molecule has 1 rings (SSSR count). The van der Waals surface area contributed by atoms with Gasteiger partial charge < -0.3 is 4.74 Å². The van der Waals surface area contributed by atoms with E-state index in [1.807, 2.05) is 6.07 Å². The van der Waals surface area contributed by atoms with E-state index in [9.17, 15) is 4.79 Å². The third-order valence-corrected chi connectivity index (χ3v) is 1.90. The maximum absolute atomic E-state index is 10.6. The molecule has 66 valence electrons. The number of nitrogens with zero attached hydrogens (tertiary/aromatic N) is 1. The number of aldehydes is 1. The van der Waals surface area contributed by atoms with E-state index >= 15 is 0 Å². The van der Waals surface area contributed by atoms with Crippen molar-refractivity contribution in [3.8, 4) is 11.8 Å². The zero-order chi connectivity index (χ0) is 9.84. The second kappa shape index (κ2) is 3.72. The second-order valence-corrected chi connectivity index (χ2v) is 2.62. The predicted molar refractivity (Wildman–Crippen MR) is 47.8 cm³/mol. The van der Waals surface area contributed by atoms with Crippen molar-refractivity contribution >= 4 is 6.29 Å². The molecule has 0 amide bonds. The molecule has 1 aromatic carbocycles. The molecule has 3 heteroatoms. The average Bonchev–Trinajstić information content (AvgIpc) is 2.18. The molecule has 0 aromatic heterocycles. The third kappa shape index (κ3) is 1.67. The van der Waals surface area contributed by atoms with Gasteiger partial charge in [0.15, 0.2) is 0 Å². The summed E-state index contributed by atoms with van der Waals surface area (Å²) in [6.07, 6.45) is 0.721. The van der Waals surface area contributed by atoms with Gasteiger partial charge in [0.2, 0.25) is 0 Å². The number of hydrogen-bond donors (Lipinski definition) is 0. The first kappa shape index (κ1) is 9.27. The lowest BCUT2D eigenvalue weighted by molar-refractivity contribution is 0.112. The van der Waals surface area contributed by atoms with Crippen LogP contribution in [0.15, 0.2) is 12.1 Å².